The van der Waals surface area contributed by atoms with Gasteiger partial charge in [-0.3, -0.25) is 4.98 Å². The summed E-state index contributed by atoms with van der Waals surface area (Å²) in [5.41, 5.74) is 0.675. The van der Waals surface area contributed by atoms with E-state index in [0.29, 0.717) is 5.56 Å². The van der Waals surface area contributed by atoms with Crippen LogP contribution < -0.4 is 9.46 Å². The Morgan fingerprint density at radius 2 is 1.91 bits per heavy atom. The third-order valence-electron chi connectivity index (χ3n) is 3.04. The van der Waals surface area contributed by atoms with E-state index < -0.39 is 19.9 Å². The van der Waals surface area contributed by atoms with Crippen LogP contribution in [0.3, 0.4) is 0 Å². The number of nitrogens with zero attached hydrogens (tertiary/aromatic N) is 1. The molecule has 9 heteroatoms. The molecule has 1 N–H and O–H groups in total. The molecule has 0 saturated heterocycles. The molecule has 0 aliphatic carbocycles. The van der Waals surface area contributed by atoms with Crippen molar-refractivity contribution in [2.24, 2.45) is 0 Å². The van der Waals surface area contributed by atoms with Crippen LogP contribution in [0.25, 0.3) is 0 Å². The topological polar surface area (TPSA) is 102 Å². The highest BCUT2D eigenvalue weighted by Gasteiger charge is 2.22. The molecule has 0 spiro atoms. The smallest absolute Gasteiger partial charge is 0.244 e. The van der Waals surface area contributed by atoms with E-state index in [1.54, 1.807) is 18.3 Å². The second-order valence-corrected chi connectivity index (χ2v) is 8.52. The highest BCUT2D eigenvalue weighted by Crippen LogP contribution is 2.26. The number of hydrogen-bond donors (Lipinski definition) is 1. The van der Waals surface area contributed by atoms with Gasteiger partial charge in [-0.25, -0.2) is 21.6 Å². The SMILES string of the molecule is COc1ccc(S(C)(=O)=O)cc1S(=O)(=O)NCc1cccnc1. The van der Waals surface area contributed by atoms with Crippen molar-refractivity contribution in [1.82, 2.24) is 9.71 Å². The molecule has 2 aromatic rings. The van der Waals surface area contributed by atoms with E-state index >= 15 is 0 Å². The molecule has 7 nitrogen and oxygen atoms in total. The molecular formula is C14H16N2O5S2. The van der Waals surface area contributed by atoms with E-state index in [1.165, 1.54) is 25.4 Å². The fraction of sp³-hybridized carbons (Fsp3) is 0.214. The number of benzene rings is 1. The van der Waals surface area contributed by atoms with Gasteiger partial charge in [0.2, 0.25) is 10.0 Å². The minimum Gasteiger partial charge on any atom is -0.495 e. The molecule has 0 radical (unpaired) electrons. The third kappa shape index (κ3) is 4.27. The molecule has 1 aromatic heterocycles. The van der Waals surface area contributed by atoms with Gasteiger partial charge in [0.15, 0.2) is 9.84 Å². The van der Waals surface area contributed by atoms with Crippen molar-refractivity contribution >= 4 is 19.9 Å². The van der Waals surface area contributed by atoms with Crippen LogP contribution in [0.1, 0.15) is 5.56 Å². The summed E-state index contributed by atoms with van der Waals surface area (Å²) < 4.78 is 55.6. The predicted octanol–water partition coefficient (Wildman–Crippen LogP) is 0.972. The van der Waals surface area contributed by atoms with Gasteiger partial charge in [0.25, 0.3) is 0 Å². The van der Waals surface area contributed by atoms with Gasteiger partial charge in [-0.2, -0.15) is 0 Å². The van der Waals surface area contributed by atoms with Crippen molar-refractivity contribution in [3.05, 3.63) is 48.3 Å². The maximum atomic E-state index is 12.5. The van der Waals surface area contributed by atoms with E-state index in [4.69, 9.17) is 4.74 Å². The maximum Gasteiger partial charge on any atom is 0.244 e. The first-order valence-electron chi connectivity index (χ1n) is 6.51. The van der Waals surface area contributed by atoms with Crippen LogP contribution in [-0.2, 0) is 26.4 Å². The molecule has 0 aliphatic heterocycles. The molecule has 23 heavy (non-hydrogen) atoms. The molecule has 1 aromatic carbocycles. The van der Waals surface area contributed by atoms with Crippen LogP contribution in [0, 0.1) is 0 Å². The number of rotatable bonds is 6. The fourth-order valence-electron chi connectivity index (χ4n) is 1.86. The molecule has 0 bridgehead atoms. The second-order valence-electron chi connectivity index (χ2n) is 4.77. The van der Waals surface area contributed by atoms with Crippen LogP contribution in [-0.4, -0.2) is 35.2 Å². The van der Waals surface area contributed by atoms with Crippen LogP contribution in [0.4, 0.5) is 0 Å². The summed E-state index contributed by atoms with van der Waals surface area (Å²) in [6.45, 7) is 0.0302. The summed E-state index contributed by atoms with van der Waals surface area (Å²) in [5, 5.41) is 0. The maximum absolute atomic E-state index is 12.5. The van der Waals surface area contributed by atoms with E-state index in [9.17, 15) is 16.8 Å². The quantitative estimate of drug-likeness (QED) is 0.827. The van der Waals surface area contributed by atoms with E-state index in [0.717, 1.165) is 12.3 Å². The van der Waals surface area contributed by atoms with Crippen molar-refractivity contribution in [3.63, 3.8) is 0 Å². The van der Waals surface area contributed by atoms with Gasteiger partial charge in [-0.1, -0.05) is 6.07 Å². The van der Waals surface area contributed by atoms with Gasteiger partial charge in [-0.15, -0.1) is 0 Å². The van der Waals surface area contributed by atoms with Crippen molar-refractivity contribution in [2.45, 2.75) is 16.3 Å². The van der Waals surface area contributed by atoms with E-state index in [-0.39, 0.29) is 22.1 Å². The zero-order chi connectivity index (χ0) is 17.1. The highest BCUT2D eigenvalue weighted by molar-refractivity contribution is 7.91. The molecule has 0 fully saturated rings. The second kappa shape index (κ2) is 6.65. The van der Waals surface area contributed by atoms with Gasteiger partial charge < -0.3 is 4.74 Å². The molecule has 0 atom stereocenters. The monoisotopic (exact) mass is 356 g/mol. The Balaban J connectivity index is 2.38. The summed E-state index contributed by atoms with van der Waals surface area (Å²) in [6, 6.07) is 7.11. The third-order valence-corrected chi connectivity index (χ3v) is 5.57. The number of sulfonamides is 1. The Morgan fingerprint density at radius 1 is 1.17 bits per heavy atom. The Morgan fingerprint density at radius 3 is 2.48 bits per heavy atom. The average molecular weight is 356 g/mol. The van der Waals surface area contributed by atoms with Crippen LogP contribution in [0.5, 0.6) is 5.75 Å². The van der Waals surface area contributed by atoms with Crippen molar-refractivity contribution < 1.29 is 21.6 Å². The minimum absolute atomic E-state index is 0.0302. The van der Waals surface area contributed by atoms with Gasteiger partial charge >= 0.3 is 0 Å². The molecule has 1 heterocycles. The number of pyridine rings is 1. The lowest BCUT2D eigenvalue weighted by molar-refractivity contribution is 0.401. The van der Waals surface area contributed by atoms with E-state index in [2.05, 4.69) is 9.71 Å². The van der Waals surface area contributed by atoms with Gasteiger partial charge in [0.05, 0.1) is 12.0 Å². The van der Waals surface area contributed by atoms with Crippen molar-refractivity contribution in [1.29, 1.82) is 0 Å². The first-order valence-corrected chi connectivity index (χ1v) is 9.88. The zero-order valence-electron chi connectivity index (χ0n) is 12.6. The number of aromatic nitrogens is 1. The minimum atomic E-state index is -3.95. The molecule has 124 valence electrons. The largest absolute Gasteiger partial charge is 0.495 e. The van der Waals surface area contributed by atoms with Gasteiger partial charge in [0.1, 0.15) is 10.6 Å². The lowest BCUT2D eigenvalue weighted by Crippen LogP contribution is -2.24. The first-order chi connectivity index (χ1) is 10.7. The van der Waals surface area contributed by atoms with Crippen LogP contribution in [0.15, 0.2) is 52.5 Å². The number of methoxy groups -OCH3 is 1. The van der Waals surface area contributed by atoms with Crippen LogP contribution in [0.2, 0.25) is 0 Å². The molecular weight excluding hydrogens is 340 g/mol. The predicted molar refractivity (Wildman–Crippen MR) is 84.4 cm³/mol. The molecule has 0 aliphatic rings. The summed E-state index contributed by atoms with van der Waals surface area (Å²) in [6.07, 6.45) is 4.12. The average Bonchev–Trinajstić information content (AvgIpc) is 2.52. The van der Waals surface area contributed by atoms with Gasteiger partial charge in [0, 0.05) is 25.2 Å². The Kier molecular flexibility index (Phi) is 5.03. The Bertz CT molecular complexity index is 894. The first kappa shape index (κ1) is 17.4. The lowest BCUT2D eigenvalue weighted by Gasteiger charge is -2.12. The number of ether oxygens (including phenoxy) is 1. The highest BCUT2D eigenvalue weighted by atomic mass is 32.2. The molecule has 0 amide bonds. The standard InChI is InChI=1S/C14H16N2O5S2/c1-21-13-6-5-12(22(2,17)18)8-14(13)23(19,20)16-10-11-4-3-7-15-9-11/h3-9,16H,10H2,1-2H3. The van der Waals surface area contributed by atoms with Crippen molar-refractivity contribution in [2.75, 3.05) is 13.4 Å². The fourth-order valence-corrected chi connectivity index (χ4v) is 3.79. The molecule has 0 unspecified atom stereocenters. The number of hydrogen-bond acceptors (Lipinski definition) is 6. The number of sulfone groups is 1. The summed E-state index contributed by atoms with van der Waals surface area (Å²) >= 11 is 0. The summed E-state index contributed by atoms with van der Waals surface area (Å²) in [7, 11) is -6.17. The summed E-state index contributed by atoms with van der Waals surface area (Å²) in [4.78, 5) is 3.57. The normalized spacial score (nSPS) is 12.1. The Labute approximate surface area is 135 Å². The van der Waals surface area contributed by atoms with E-state index in [1.807, 2.05) is 0 Å². The van der Waals surface area contributed by atoms with Crippen LogP contribution >= 0.6 is 0 Å². The zero-order valence-corrected chi connectivity index (χ0v) is 14.2. The summed E-state index contributed by atoms with van der Waals surface area (Å²) in [5.74, 6) is 0.0658. The van der Waals surface area contributed by atoms with Gasteiger partial charge in [-0.05, 0) is 29.8 Å². The molecule has 2 rings (SSSR count). The Hall–Kier alpha value is -1.97. The number of nitrogens with one attached hydrogen (secondary N) is 1. The van der Waals surface area contributed by atoms with Crippen molar-refractivity contribution in [3.8, 4) is 5.75 Å². The lowest BCUT2D eigenvalue weighted by atomic mass is 10.3. The molecule has 0 saturated carbocycles.